The Labute approximate surface area is 164 Å². The van der Waals surface area contributed by atoms with Gasteiger partial charge in [0.1, 0.15) is 22.7 Å². The molecule has 0 amide bonds. The van der Waals surface area contributed by atoms with Gasteiger partial charge in [0.05, 0.1) is 18.0 Å². The molecule has 1 aliphatic heterocycles. The van der Waals surface area contributed by atoms with Crippen LogP contribution in [0.15, 0.2) is 12.4 Å². The van der Waals surface area contributed by atoms with Gasteiger partial charge < -0.3 is 10.6 Å². The van der Waals surface area contributed by atoms with Crippen molar-refractivity contribution in [1.29, 1.82) is 0 Å². The number of hydrogen-bond donors (Lipinski definition) is 3. The maximum Gasteiger partial charge on any atom is 0.433 e. The summed E-state index contributed by atoms with van der Waals surface area (Å²) in [5, 5.41) is 12.2. The first kappa shape index (κ1) is 18.3. The van der Waals surface area contributed by atoms with Crippen LogP contribution in [0, 0.1) is 5.41 Å². The summed E-state index contributed by atoms with van der Waals surface area (Å²) in [4.78, 5) is 11.1. The molecule has 4 N–H and O–H groups in total. The van der Waals surface area contributed by atoms with Gasteiger partial charge in [-0.25, -0.2) is 9.97 Å². The second kappa shape index (κ2) is 6.41. The standard InChI is InChI=1S/C18H21F3N8/c19-18(20,21)15-10(8-24-27-15)13-14-16(28-26-13)25-12(9-23-14)29-6-4-17(5-7-29)3-1-2-11(17)22/h8-9,11H,1-7,22H2,(H,24,27)(H,25,26,28)/t11-/m1/s1. The van der Waals surface area contributed by atoms with Crippen molar-refractivity contribution in [2.45, 2.75) is 44.3 Å². The lowest BCUT2D eigenvalue weighted by Gasteiger charge is -2.42. The highest BCUT2D eigenvalue weighted by Crippen LogP contribution is 2.46. The molecule has 0 aromatic carbocycles. The van der Waals surface area contributed by atoms with Crippen LogP contribution in [-0.2, 0) is 6.18 Å². The zero-order chi connectivity index (χ0) is 20.2. The summed E-state index contributed by atoms with van der Waals surface area (Å²) in [5.41, 5.74) is 6.20. The van der Waals surface area contributed by atoms with E-state index in [0.29, 0.717) is 11.5 Å². The molecule has 154 valence electrons. The third-order valence-electron chi connectivity index (χ3n) is 6.50. The number of nitrogens with zero attached hydrogens (tertiary/aromatic N) is 5. The molecule has 1 aliphatic carbocycles. The number of anilines is 1. The van der Waals surface area contributed by atoms with E-state index in [1.165, 1.54) is 12.8 Å². The van der Waals surface area contributed by atoms with Gasteiger partial charge in [-0.2, -0.15) is 23.4 Å². The molecular formula is C18H21F3N8. The minimum Gasteiger partial charge on any atom is -0.355 e. The Morgan fingerprint density at radius 3 is 2.62 bits per heavy atom. The second-order valence-corrected chi connectivity index (χ2v) is 8.00. The quantitative estimate of drug-likeness (QED) is 0.603. The van der Waals surface area contributed by atoms with E-state index in [9.17, 15) is 13.2 Å². The Morgan fingerprint density at radius 2 is 1.93 bits per heavy atom. The monoisotopic (exact) mass is 406 g/mol. The highest BCUT2D eigenvalue weighted by Gasteiger charge is 2.43. The number of nitrogens with one attached hydrogen (secondary N) is 2. The molecule has 0 unspecified atom stereocenters. The van der Waals surface area contributed by atoms with Crippen molar-refractivity contribution < 1.29 is 13.2 Å². The SMILES string of the molecule is N[C@@H]1CCCC12CCN(c1cnc3c(-c4cn[nH]c4C(F)(F)F)n[nH]c3n1)CC2. The minimum absolute atomic E-state index is 0.0784. The Balaban J connectivity index is 1.41. The van der Waals surface area contributed by atoms with Gasteiger partial charge in [-0.05, 0) is 31.1 Å². The largest absolute Gasteiger partial charge is 0.433 e. The van der Waals surface area contributed by atoms with Crippen LogP contribution in [0.5, 0.6) is 0 Å². The normalized spacial score (nSPS) is 22.1. The average molecular weight is 406 g/mol. The van der Waals surface area contributed by atoms with Crippen molar-refractivity contribution in [1.82, 2.24) is 30.4 Å². The molecule has 3 aromatic heterocycles. The van der Waals surface area contributed by atoms with Crippen molar-refractivity contribution in [3.05, 3.63) is 18.1 Å². The van der Waals surface area contributed by atoms with Crippen LogP contribution in [0.25, 0.3) is 22.4 Å². The van der Waals surface area contributed by atoms with E-state index < -0.39 is 11.9 Å². The number of piperidine rings is 1. The van der Waals surface area contributed by atoms with Gasteiger partial charge in [0, 0.05) is 19.1 Å². The number of hydrogen-bond acceptors (Lipinski definition) is 6. The first-order valence-corrected chi connectivity index (χ1v) is 9.70. The Morgan fingerprint density at radius 1 is 1.14 bits per heavy atom. The predicted molar refractivity (Wildman–Crippen MR) is 100.0 cm³/mol. The van der Waals surface area contributed by atoms with Gasteiger partial charge in [-0.15, -0.1) is 0 Å². The molecular weight excluding hydrogens is 385 g/mol. The topological polar surface area (TPSA) is 112 Å². The lowest BCUT2D eigenvalue weighted by molar-refractivity contribution is -0.140. The lowest BCUT2D eigenvalue weighted by atomic mass is 9.74. The van der Waals surface area contributed by atoms with Crippen LogP contribution in [0.3, 0.4) is 0 Å². The van der Waals surface area contributed by atoms with Gasteiger partial charge >= 0.3 is 6.18 Å². The molecule has 3 aromatic rings. The van der Waals surface area contributed by atoms with Crippen molar-refractivity contribution in [3.63, 3.8) is 0 Å². The van der Waals surface area contributed by atoms with Crippen molar-refractivity contribution in [3.8, 4) is 11.3 Å². The van der Waals surface area contributed by atoms with Crippen molar-refractivity contribution in [2.75, 3.05) is 18.0 Å². The molecule has 11 heteroatoms. The molecule has 0 bridgehead atoms. The smallest absolute Gasteiger partial charge is 0.355 e. The maximum absolute atomic E-state index is 13.2. The third-order valence-corrected chi connectivity index (χ3v) is 6.50. The number of halogens is 3. The van der Waals surface area contributed by atoms with E-state index in [0.717, 1.165) is 38.5 Å². The minimum atomic E-state index is -4.56. The van der Waals surface area contributed by atoms with Gasteiger partial charge in [0.25, 0.3) is 0 Å². The average Bonchev–Trinajstić information content (AvgIpc) is 3.41. The Hall–Kier alpha value is -2.69. The summed E-state index contributed by atoms with van der Waals surface area (Å²) in [6, 6.07) is 0.270. The summed E-state index contributed by atoms with van der Waals surface area (Å²) in [5.74, 6) is 0.692. The number of nitrogens with two attached hydrogens (primary N) is 1. The first-order valence-electron chi connectivity index (χ1n) is 9.70. The molecule has 2 fully saturated rings. The molecule has 1 atom stereocenters. The molecule has 5 rings (SSSR count). The Kier molecular flexibility index (Phi) is 4.05. The molecule has 2 aliphatic rings. The summed E-state index contributed by atoms with van der Waals surface area (Å²) in [7, 11) is 0. The number of alkyl halides is 3. The summed E-state index contributed by atoms with van der Waals surface area (Å²) in [6.45, 7) is 1.68. The van der Waals surface area contributed by atoms with Gasteiger partial charge in [-0.1, -0.05) is 6.42 Å². The van der Waals surface area contributed by atoms with Crippen LogP contribution >= 0.6 is 0 Å². The van der Waals surface area contributed by atoms with E-state index in [-0.39, 0.29) is 28.2 Å². The van der Waals surface area contributed by atoms with Crippen molar-refractivity contribution in [2.24, 2.45) is 11.1 Å². The summed E-state index contributed by atoms with van der Waals surface area (Å²) in [6.07, 6.45) is 3.65. The van der Waals surface area contributed by atoms with Crippen molar-refractivity contribution >= 4 is 17.0 Å². The summed E-state index contributed by atoms with van der Waals surface area (Å²) < 4.78 is 39.5. The Bertz CT molecular complexity index is 1030. The molecule has 1 saturated heterocycles. The maximum atomic E-state index is 13.2. The zero-order valence-electron chi connectivity index (χ0n) is 15.6. The van der Waals surface area contributed by atoms with Crippen LogP contribution in [0.4, 0.5) is 19.0 Å². The zero-order valence-corrected chi connectivity index (χ0v) is 15.6. The van der Waals surface area contributed by atoms with Gasteiger partial charge in [0.15, 0.2) is 5.65 Å². The van der Waals surface area contributed by atoms with E-state index >= 15 is 0 Å². The number of rotatable bonds is 2. The fourth-order valence-electron chi connectivity index (χ4n) is 4.78. The van der Waals surface area contributed by atoms with Crippen LogP contribution < -0.4 is 10.6 Å². The molecule has 29 heavy (non-hydrogen) atoms. The van der Waals surface area contributed by atoms with Gasteiger partial charge in [-0.3, -0.25) is 10.2 Å². The van der Waals surface area contributed by atoms with Crippen LogP contribution in [0.1, 0.15) is 37.8 Å². The highest BCUT2D eigenvalue weighted by molar-refractivity contribution is 5.88. The third kappa shape index (κ3) is 2.95. The molecule has 1 spiro atoms. The number of aromatic amines is 2. The summed E-state index contributed by atoms with van der Waals surface area (Å²) >= 11 is 0. The fourth-order valence-corrected chi connectivity index (χ4v) is 4.78. The molecule has 4 heterocycles. The van der Waals surface area contributed by atoms with E-state index in [1.807, 2.05) is 5.10 Å². The first-order chi connectivity index (χ1) is 13.9. The second-order valence-electron chi connectivity index (χ2n) is 8.00. The highest BCUT2D eigenvalue weighted by atomic mass is 19.4. The number of fused-ring (bicyclic) bond motifs is 1. The van der Waals surface area contributed by atoms with E-state index in [1.54, 1.807) is 6.20 Å². The lowest BCUT2D eigenvalue weighted by Crippen LogP contribution is -2.47. The van der Waals surface area contributed by atoms with Crippen LogP contribution in [0.2, 0.25) is 0 Å². The molecule has 1 saturated carbocycles. The predicted octanol–water partition coefficient (Wildman–Crippen LogP) is 2.86. The van der Waals surface area contributed by atoms with Crippen LogP contribution in [-0.4, -0.2) is 49.5 Å². The van der Waals surface area contributed by atoms with E-state index in [2.05, 4.69) is 30.2 Å². The number of aromatic nitrogens is 6. The molecule has 8 nitrogen and oxygen atoms in total. The van der Waals surface area contributed by atoms with Gasteiger partial charge in [0.2, 0.25) is 0 Å². The molecule has 0 radical (unpaired) electrons. The van der Waals surface area contributed by atoms with E-state index in [4.69, 9.17) is 5.73 Å². The fraction of sp³-hybridized carbons (Fsp3) is 0.556. The number of H-pyrrole nitrogens is 2.